The van der Waals surface area contributed by atoms with Crippen LogP contribution in [-0.4, -0.2) is 57.9 Å². The first-order valence-electron chi connectivity index (χ1n) is 31.4. The number of hydrogen-bond acceptors (Lipinski definition) is 12. The van der Waals surface area contributed by atoms with Gasteiger partial charge in [0.15, 0.2) is 11.6 Å². The van der Waals surface area contributed by atoms with Gasteiger partial charge in [0, 0.05) is 44.1 Å². The minimum Gasteiger partial charge on any atom is -0.481 e. The van der Waals surface area contributed by atoms with Crippen LogP contribution in [-0.2, 0) is 80.4 Å². The maximum absolute atomic E-state index is 11.4. The van der Waals surface area contributed by atoms with E-state index < -0.39 is 5.97 Å². The molecule has 0 radical (unpaired) electrons. The SMILES string of the molecule is C.CC(=O)/C=C/c1ccc(C)cc1.CC(=O)CCc1ccc(C)cc1.CC(=O)CSc1ccc(C)cc1.CC(=O)OCc1ccc(C)cc1.CC(=O)OCc1ccc(C)cc1.CC(=O)OCc1ccc(C)cc1.CCc1ccc(C)cc1.Cc1ccc(C(=O)CCC(=O)O)cc1. The largest absolute Gasteiger partial charge is 0.481 e. The van der Waals surface area contributed by atoms with Crippen molar-refractivity contribution in [2.24, 2.45) is 0 Å². The molecule has 0 saturated carbocycles. The first kappa shape index (κ1) is 86.4. The Morgan fingerprint density at radius 2 is 0.677 bits per heavy atom. The van der Waals surface area contributed by atoms with Gasteiger partial charge in [0.1, 0.15) is 31.4 Å². The number of Topliss-reactive ketones (excluding diaryl/α,β-unsaturated/α-hetero) is 3. The molecule has 8 aromatic rings. The molecule has 0 bridgehead atoms. The molecule has 0 saturated heterocycles. The predicted molar refractivity (Wildman–Crippen MR) is 393 cm³/mol. The molecule has 0 unspecified atom stereocenters. The fourth-order valence-electron chi connectivity index (χ4n) is 7.32. The monoisotopic (exact) mass is 1320 g/mol. The third kappa shape index (κ3) is 47.3. The van der Waals surface area contributed by atoms with Crippen LogP contribution in [0.2, 0.25) is 0 Å². The van der Waals surface area contributed by atoms with Crippen LogP contribution in [0.1, 0.15) is 163 Å². The first-order valence-corrected chi connectivity index (χ1v) is 32.4. The lowest BCUT2D eigenvalue weighted by molar-refractivity contribution is -0.143. The minimum absolute atomic E-state index is 0. The number of carbonyl (C=O) groups is 8. The maximum atomic E-state index is 11.4. The van der Waals surface area contributed by atoms with E-state index in [2.05, 4.69) is 88.4 Å². The summed E-state index contributed by atoms with van der Waals surface area (Å²) in [6.45, 7) is 28.6. The Morgan fingerprint density at radius 1 is 0.375 bits per heavy atom. The molecule has 0 heterocycles. The van der Waals surface area contributed by atoms with Gasteiger partial charge in [-0.05, 0) is 141 Å². The molecule has 0 aliphatic rings. The third-order valence-electron chi connectivity index (χ3n) is 13.1. The van der Waals surface area contributed by atoms with Crippen LogP contribution >= 0.6 is 11.8 Å². The number of ether oxygens (including phenoxy) is 3. The van der Waals surface area contributed by atoms with Crippen LogP contribution in [0.4, 0.5) is 0 Å². The van der Waals surface area contributed by atoms with Crippen LogP contribution in [0.25, 0.3) is 6.08 Å². The number of allylic oxidation sites excluding steroid dienone is 1. The molecule has 1 N–H and O–H groups in total. The average Bonchev–Trinajstić information content (AvgIpc) is 1.66. The molecule has 8 rings (SSSR count). The lowest BCUT2D eigenvalue weighted by Gasteiger charge is -2.01. The van der Waals surface area contributed by atoms with E-state index in [4.69, 9.17) is 19.3 Å². The van der Waals surface area contributed by atoms with Crippen molar-refractivity contribution < 1.29 is 57.7 Å². The van der Waals surface area contributed by atoms with Crippen molar-refractivity contribution in [2.75, 3.05) is 5.75 Å². The van der Waals surface area contributed by atoms with Crippen molar-refractivity contribution >= 4 is 64.8 Å². The highest BCUT2D eigenvalue weighted by Gasteiger charge is 2.08. The third-order valence-corrected chi connectivity index (χ3v) is 14.3. The Labute approximate surface area is 577 Å². The van der Waals surface area contributed by atoms with Crippen molar-refractivity contribution in [1.29, 1.82) is 0 Å². The number of benzene rings is 8. The van der Waals surface area contributed by atoms with Gasteiger partial charge < -0.3 is 24.1 Å². The standard InChI is InChI=1S/C11H12O3.C11H14O.C11H12O.3C10H12O2.C10H12OS.C9H12.CH4/c1-8-2-4-9(5-3-8)10(12)6-7-11(13)14;2*1-9-3-6-11(7-4-9)8-5-10(2)12;3*1-8-3-5-10(6-4-8)7-12-9(2)11;1-8-3-5-10(6-4-8)12-7-9(2)11;1-3-9-6-4-8(2)5-7-9;/h2-5H,6-7H2,1H3,(H,13,14);3-4,6-7H,5,8H2,1-2H3;3-8H,1-2H3;4*3-6H,7H2,1-2H3;4-7H,3H2,1-2H3;1H4/b;;8-5+;;;;;;. The van der Waals surface area contributed by atoms with E-state index in [1.165, 1.54) is 70.8 Å². The number of esters is 3. The molecular formula is C83H102O12S. The van der Waals surface area contributed by atoms with Crippen LogP contribution in [0, 0.1) is 55.4 Å². The summed E-state index contributed by atoms with van der Waals surface area (Å²) in [7, 11) is 0. The molecule has 0 aromatic heterocycles. The van der Waals surface area contributed by atoms with Gasteiger partial charge in [-0.15, -0.1) is 11.8 Å². The van der Waals surface area contributed by atoms with E-state index in [0.29, 0.717) is 37.6 Å². The molecule has 0 aliphatic heterocycles. The predicted octanol–water partition coefficient (Wildman–Crippen LogP) is 19.2. The number of carboxylic acids is 1. The Hall–Kier alpha value is -9.59. The minimum atomic E-state index is -0.939. The second kappa shape index (κ2) is 50.8. The highest BCUT2D eigenvalue weighted by atomic mass is 32.2. The van der Waals surface area contributed by atoms with E-state index in [0.717, 1.165) is 45.6 Å². The molecule has 12 nitrogen and oxygen atoms in total. The van der Waals surface area contributed by atoms with Crippen molar-refractivity contribution in [2.45, 2.75) is 168 Å². The van der Waals surface area contributed by atoms with E-state index in [1.54, 1.807) is 50.7 Å². The van der Waals surface area contributed by atoms with Gasteiger partial charge >= 0.3 is 23.9 Å². The molecule has 512 valence electrons. The first-order chi connectivity index (χ1) is 45.0. The number of ketones is 4. The zero-order chi connectivity index (χ0) is 71.1. The number of aryl methyl sites for hydroxylation is 10. The van der Waals surface area contributed by atoms with E-state index in [-0.39, 0.29) is 61.3 Å². The summed E-state index contributed by atoms with van der Waals surface area (Å²) in [5, 5.41) is 8.40. The van der Waals surface area contributed by atoms with Gasteiger partial charge in [-0.1, -0.05) is 247 Å². The molecule has 0 atom stereocenters. The number of rotatable bonds is 19. The molecule has 0 amide bonds. The fraction of sp³-hybridized carbons (Fsp3) is 0.301. The summed E-state index contributed by atoms with van der Waals surface area (Å²) in [5.41, 5.74) is 17.2. The van der Waals surface area contributed by atoms with E-state index >= 15 is 0 Å². The number of carboxylic acid groups (broad SMARTS) is 1. The Kier molecular flexibility index (Phi) is 45.8. The average molecular weight is 1320 g/mol. The summed E-state index contributed by atoms with van der Waals surface area (Å²) in [6, 6.07) is 64.1. The highest BCUT2D eigenvalue weighted by molar-refractivity contribution is 8.00. The smallest absolute Gasteiger partial charge is 0.303 e. The topological polar surface area (TPSA) is 184 Å². The zero-order valence-corrected chi connectivity index (χ0v) is 59.2. The molecule has 0 fully saturated rings. The Bertz CT molecular complexity index is 3210. The summed E-state index contributed by atoms with van der Waals surface area (Å²) in [5.74, 6) is -0.644. The Morgan fingerprint density at radius 3 is 0.969 bits per heavy atom. The number of hydrogen-bond donors (Lipinski definition) is 1. The molecule has 96 heavy (non-hydrogen) atoms. The molecule has 0 spiro atoms. The zero-order valence-electron chi connectivity index (χ0n) is 58.3. The highest BCUT2D eigenvalue weighted by Crippen LogP contribution is 2.18. The normalized spacial score (nSPS) is 9.66. The molecule has 13 heteroatoms. The lowest BCUT2D eigenvalue weighted by Crippen LogP contribution is -2.03. The fourth-order valence-corrected chi connectivity index (χ4v) is 8.02. The Balaban J connectivity index is 0.00000107. The van der Waals surface area contributed by atoms with Crippen molar-refractivity contribution in [3.05, 3.63) is 284 Å². The van der Waals surface area contributed by atoms with Gasteiger partial charge in [-0.2, -0.15) is 0 Å². The summed E-state index contributed by atoms with van der Waals surface area (Å²) >= 11 is 1.59. The van der Waals surface area contributed by atoms with Gasteiger partial charge in [-0.25, -0.2) is 0 Å². The molecular weight excluding hydrogens is 1220 g/mol. The van der Waals surface area contributed by atoms with Crippen molar-refractivity contribution in [3.8, 4) is 0 Å². The second-order valence-corrected chi connectivity index (χ2v) is 23.7. The number of thioether (sulfide) groups is 1. The lowest BCUT2D eigenvalue weighted by atomic mass is 10.1. The summed E-state index contributed by atoms with van der Waals surface area (Å²) in [6.07, 6.45) is 6.02. The van der Waals surface area contributed by atoms with Gasteiger partial charge in [0.2, 0.25) is 0 Å². The van der Waals surface area contributed by atoms with Gasteiger partial charge in [0.25, 0.3) is 0 Å². The van der Waals surface area contributed by atoms with E-state index in [9.17, 15) is 38.4 Å². The summed E-state index contributed by atoms with van der Waals surface area (Å²) < 4.78 is 14.5. The second-order valence-electron chi connectivity index (χ2n) is 22.7. The number of aliphatic carboxylic acids is 1. The van der Waals surface area contributed by atoms with Crippen molar-refractivity contribution in [1.82, 2.24) is 0 Å². The number of carbonyl (C=O) groups excluding carboxylic acids is 7. The molecule has 8 aromatic carbocycles. The van der Waals surface area contributed by atoms with Crippen molar-refractivity contribution in [3.63, 3.8) is 0 Å². The maximum Gasteiger partial charge on any atom is 0.303 e. The van der Waals surface area contributed by atoms with Crippen LogP contribution in [0.15, 0.2) is 205 Å². The molecule has 0 aliphatic carbocycles. The van der Waals surface area contributed by atoms with E-state index in [1.807, 2.05) is 162 Å². The van der Waals surface area contributed by atoms with Gasteiger partial charge in [0.05, 0.1) is 12.2 Å². The van der Waals surface area contributed by atoms with Gasteiger partial charge in [-0.3, -0.25) is 33.6 Å². The quantitative estimate of drug-likeness (QED) is 0.0265. The van der Waals surface area contributed by atoms with Crippen LogP contribution < -0.4 is 0 Å². The van der Waals surface area contributed by atoms with Crippen LogP contribution in [0.5, 0.6) is 0 Å². The van der Waals surface area contributed by atoms with Crippen LogP contribution in [0.3, 0.4) is 0 Å². The summed E-state index contributed by atoms with van der Waals surface area (Å²) in [4.78, 5) is 86.1.